The average Bonchev–Trinajstić information content (AvgIpc) is 3.16. The number of alkyl halides is 2. The predicted octanol–water partition coefficient (Wildman–Crippen LogP) is 3.09. The van der Waals surface area contributed by atoms with Crippen LogP contribution in [0.2, 0.25) is 0 Å². The van der Waals surface area contributed by atoms with Crippen molar-refractivity contribution in [1.29, 1.82) is 0 Å². The third-order valence-corrected chi connectivity index (χ3v) is 4.38. The maximum absolute atomic E-state index is 13.1. The molecule has 1 aliphatic rings. The first kappa shape index (κ1) is 15.7. The van der Waals surface area contributed by atoms with E-state index in [-0.39, 0.29) is 17.6 Å². The molecule has 1 saturated heterocycles. The van der Waals surface area contributed by atoms with Crippen molar-refractivity contribution < 1.29 is 13.6 Å². The van der Waals surface area contributed by atoms with E-state index in [9.17, 15) is 13.6 Å². The van der Waals surface area contributed by atoms with Gasteiger partial charge >= 0.3 is 6.55 Å². The summed E-state index contributed by atoms with van der Waals surface area (Å²) in [6.07, 6.45) is 0.780. The van der Waals surface area contributed by atoms with Crippen molar-refractivity contribution in [3.8, 4) is 0 Å². The second-order valence-corrected chi connectivity index (χ2v) is 6.07. The van der Waals surface area contributed by atoms with E-state index in [0.29, 0.717) is 18.8 Å². The quantitative estimate of drug-likeness (QED) is 0.871. The number of halogens is 2. The third kappa shape index (κ3) is 2.75. The minimum Gasteiger partial charge on any atom is -0.335 e. The first-order valence-electron chi connectivity index (χ1n) is 7.66. The second-order valence-electron chi connectivity index (χ2n) is 6.07. The maximum atomic E-state index is 13.1. The van der Waals surface area contributed by atoms with Crippen molar-refractivity contribution >= 4 is 5.91 Å². The minimum atomic E-state index is -2.71. The number of carbonyl (C=O) groups is 1. The molecule has 2 aromatic rings. The number of aryl methyl sites for hydroxylation is 3. The van der Waals surface area contributed by atoms with Crippen molar-refractivity contribution in [2.75, 3.05) is 13.1 Å². The number of rotatable bonds is 3. The van der Waals surface area contributed by atoms with Gasteiger partial charge in [0.25, 0.3) is 5.91 Å². The second kappa shape index (κ2) is 5.79. The normalized spacial score (nSPS) is 18.2. The fourth-order valence-corrected chi connectivity index (χ4v) is 3.29. The Balaban J connectivity index is 1.79. The van der Waals surface area contributed by atoms with E-state index >= 15 is 0 Å². The monoisotopic (exact) mass is 322 g/mol. The number of hydrogen-bond donors (Lipinski definition) is 0. The lowest BCUT2D eigenvalue weighted by molar-refractivity contribution is 0.0565. The molecule has 3 rings (SSSR count). The molecule has 0 unspecified atom stereocenters. The molecule has 2 aromatic heterocycles. The lowest BCUT2D eigenvalue weighted by Crippen LogP contribution is -2.31. The molecule has 1 fully saturated rings. The molecule has 0 aromatic carbocycles. The van der Waals surface area contributed by atoms with Gasteiger partial charge in [-0.15, -0.1) is 0 Å². The maximum Gasteiger partial charge on any atom is 0.319 e. The molecule has 0 radical (unpaired) electrons. The summed E-state index contributed by atoms with van der Waals surface area (Å²) in [5, 5.41) is 4.46. The highest BCUT2D eigenvalue weighted by molar-refractivity contribution is 5.93. The Hall–Kier alpha value is -2.18. The van der Waals surface area contributed by atoms with Crippen LogP contribution >= 0.6 is 0 Å². The van der Waals surface area contributed by atoms with Crippen LogP contribution in [0.25, 0.3) is 0 Å². The van der Waals surface area contributed by atoms with Crippen molar-refractivity contribution in [2.24, 2.45) is 0 Å². The summed E-state index contributed by atoms with van der Waals surface area (Å²) >= 11 is 0. The Morgan fingerprint density at radius 3 is 2.61 bits per heavy atom. The number of likely N-dealkylation sites (tertiary alicyclic amines) is 1. The summed E-state index contributed by atoms with van der Waals surface area (Å²) in [5.41, 5.74) is 2.42. The zero-order valence-corrected chi connectivity index (χ0v) is 13.5. The summed E-state index contributed by atoms with van der Waals surface area (Å²) in [7, 11) is 0. The fraction of sp³-hybridized carbons (Fsp3) is 0.500. The van der Waals surface area contributed by atoms with Crippen molar-refractivity contribution in [3.05, 3.63) is 41.0 Å². The van der Waals surface area contributed by atoms with Gasteiger partial charge in [-0.2, -0.15) is 13.9 Å². The number of aromatic nitrogens is 3. The molecule has 0 bridgehead atoms. The topological polar surface area (TPSA) is 43.1 Å². The zero-order chi connectivity index (χ0) is 16.7. The number of nitrogens with zero attached hydrogens (tertiary/aromatic N) is 4. The van der Waals surface area contributed by atoms with Gasteiger partial charge in [-0.05, 0) is 45.4 Å². The summed E-state index contributed by atoms with van der Waals surface area (Å²) in [4.78, 5) is 14.2. The highest BCUT2D eigenvalue weighted by Crippen LogP contribution is 2.26. The molecule has 0 saturated carbocycles. The van der Waals surface area contributed by atoms with Gasteiger partial charge < -0.3 is 4.90 Å². The summed E-state index contributed by atoms with van der Waals surface area (Å²) in [6.45, 7) is 3.82. The van der Waals surface area contributed by atoms with Crippen LogP contribution < -0.4 is 0 Å². The van der Waals surface area contributed by atoms with Crippen LogP contribution in [0.5, 0.6) is 0 Å². The van der Waals surface area contributed by atoms with Crippen molar-refractivity contribution in [2.45, 2.75) is 39.8 Å². The van der Waals surface area contributed by atoms with E-state index in [0.717, 1.165) is 22.4 Å². The fourth-order valence-electron chi connectivity index (χ4n) is 3.29. The summed E-state index contributed by atoms with van der Waals surface area (Å²) in [6, 6.07) is 5.12. The highest BCUT2D eigenvalue weighted by Gasteiger charge is 2.31. The molecule has 1 atom stereocenters. The first-order valence-corrected chi connectivity index (χ1v) is 7.66. The molecule has 124 valence electrons. The van der Waals surface area contributed by atoms with Gasteiger partial charge in [-0.25, -0.2) is 0 Å². The molecule has 0 spiro atoms. The Morgan fingerprint density at radius 1 is 1.26 bits per heavy atom. The van der Waals surface area contributed by atoms with E-state index in [1.807, 2.05) is 24.6 Å². The minimum absolute atomic E-state index is 0.0477. The van der Waals surface area contributed by atoms with Gasteiger partial charge in [-0.1, -0.05) is 0 Å². The van der Waals surface area contributed by atoms with Crippen LogP contribution in [0.15, 0.2) is 18.2 Å². The lowest BCUT2D eigenvalue weighted by atomic mass is 10.2. The van der Waals surface area contributed by atoms with Gasteiger partial charge in [-0.3, -0.25) is 14.0 Å². The number of carbonyl (C=O) groups excluding carboxylic acids is 1. The molecule has 1 aliphatic heterocycles. The molecule has 23 heavy (non-hydrogen) atoms. The van der Waals surface area contributed by atoms with Crippen LogP contribution in [-0.2, 0) is 0 Å². The lowest BCUT2D eigenvalue weighted by Gasteiger charge is -2.19. The van der Waals surface area contributed by atoms with Gasteiger partial charge in [0.2, 0.25) is 0 Å². The van der Waals surface area contributed by atoms with Crippen LogP contribution in [0.3, 0.4) is 0 Å². The Bertz CT molecular complexity index is 735. The van der Waals surface area contributed by atoms with Crippen LogP contribution in [0.4, 0.5) is 8.78 Å². The molecule has 0 aliphatic carbocycles. The van der Waals surface area contributed by atoms with Gasteiger partial charge in [0, 0.05) is 24.5 Å². The Morgan fingerprint density at radius 2 is 2.00 bits per heavy atom. The standard InChI is InChI=1S/C16H20F2N4O/c1-10-8-12(3)22(19-10)13-6-7-20(9-13)15(23)14-5-4-11(2)21(14)16(17)18/h4-5,8,13,16H,6-7,9H2,1-3H3/t13-/m0/s1. The SMILES string of the molecule is Cc1cc(C)n([C@H]2CCN(C(=O)c3ccc(C)n3C(F)F)C2)n1. The number of hydrogen-bond acceptors (Lipinski definition) is 2. The highest BCUT2D eigenvalue weighted by atomic mass is 19.3. The first-order chi connectivity index (χ1) is 10.9. The molecular formula is C16H20F2N4O. The largest absolute Gasteiger partial charge is 0.335 e. The Labute approximate surface area is 133 Å². The summed E-state index contributed by atoms with van der Waals surface area (Å²) < 4.78 is 29.0. The average molecular weight is 322 g/mol. The van der Waals surface area contributed by atoms with E-state index in [1.54, 1.807) is 17.9 Å². The summed E-state index contributed by atoms with van der Waals surface area (Å²) in [5.74, 6) is -0.345. The predicted molar refractivity (Wildman–Crippen MR) is 81.7 cm³/mol. The van der Waals surface area contributed by atoms with E-state index in [2.05, 4.69) is 5.10 Å². The van der Waals surface area contributed by atoms with Gasteiger partial charge in [0.05, 0.1) is 11.7 Å². The van der Waals surface area contributed by atoms with Crippen LogP contribution in [0, 0.1) is 20.8 Å². The molecule has 7 heteroatoms. The zero-order valence-electron chi connectivity index (χ0n) is 13.5. The van der Waals surface area contributed by atoms with Crippen LogP contribution in [-0.4, -0.2) is 38.2 Å². The van der Waals surface area contributed by atoms with E-state index < -0.39 is 6.55 Å². The third-order valence-electron chi connectivity index (χ3n) is 4.38. The van der Waals surface area contributed by atoms with Crippen LogP contribution in [0.1, 0.15) is 46.6 Å². The Kier molecular flexibility index (Phi) is 3.95. The van der Waals surface area contributed by atoms with Crippen molar-refractivity contribution in [1.82, 2.24) is 19.2 Å². The molecule has 0 N–H and O–H groups in total. The van der Waals surface area contributed by atoms with E-state index in [4.69, 9.17) is 0 Å². The van der Waals surface area contributed by atoms with E-state index in [1.165, 1.54) is 6.07 Å². The molecule has 3 heterocycles. The molecule has 5 nitrogen and oxygen atoms in total. The van der Waals surface area contributed by atoms with Gasteiger partial charge in [0.15, 0.2) is 0 Å². The number of amides is 1. The smallest absolute Gasteiger partial charge is 0.319 e. The van der Waals surface area contributed by atoms with Crippen molar-refractivity contribution in [3.63, 3.8) is 0 Å². The van der Waals surface area contributed by atoms with Gasteiger partial charge in [0.1, 0.15) is 5.69 Å². The molecule has 1 amide bonds. The molecular weight excluding hydrogens is 302 g/mol.